The number of aryl methyl sites for hydroxylation is 1. The number of para-hydroxylation sites is 1. The number of nitrogens with zero attached hydrogens (tertiary/aromatic N) is 1. The molecule has 0 amide bonds. The summed E-state index contributed by atoms with van der Waals surface area (Å²) >= 11 is 0. The average Bonchev–Trinajstić information content (AvgIpc) is 2.30. The number of hydrogen-bond acceptors (Lipinski definition) is 2. The van der Waals surface area contributed by atoms with Gasteiger partial charge in [-0.05, 0) is 25.5 Å². The van der Waals surface area contributed by atoms with Crippen LogP contribution in [0.1, 0.15) is 25.5 Å². The lowest BCUT2D eigenvalue weighted by atomic mass is 10.1. The second kappa shape index (κ2) is 4.97. The van der Waals surface area contributed by atoms with Crippen LogP contribution in [0, 0.1) is 6.92 Å². The summed E-state index contributed by atoms with van der Waals surface area (Å²) in [6.45, 7) is 5.25. The maximum absolute atomic E-state index is 4.59. The zero-order chi connectivity index (χ0) is 11.4. The molecule has 84 valence electrons. The minimum Gasteiger partial charge on any atom is -0.383 e. The Morgan fingerprint density at radius 3 is 2.88 bits per heavy atom. The van der Waals surface area contributed by atoms with Crippen molar-refractivity contribution >= 4 is 16.6 Å². The Bertz CT molecular complexity index is 477. The summed E-state index contributed by atoms with van der Waals surface area (Å²) in [4.78, 5) is 4.59. The van der Waals surface area contributed by atoms with Crippen LogP contribution in [0.25, 0.3) is 10.9 Å². The summed E-state index contributed by atoms with van der Waals surface area (Å²) < 4.78 is 0. The monoisotopic (exact) mass is 214 g/mol. The molecule has 1 aromatic carbocycles. The van der Waals surface area contributed by atoms with Crippen LogP contribution < -0.4 is 5.32 Å². The van der Waals surface area contributed by atoms with Crippen LogP contribution in [-0.4, -0.2) is 11.5 Å². The van der Waals surface area contributed by atoms with Gasteiger partial charge < -0.3 is 5.32 Å². The molecule has 2 rings (SSSR count). The van der Waals surface area contributed by atoms with E-state index in [4.69, 9.17) is 0 Å². The number of benzene rings is 1. The van der Waals surface area contributed by atoms with Crippen molar-refractivity contribution in [2.45, 2.75) is 26.7 Å². The van der Waals surface area contributed by atoms with Crippen LogP contribution in [0.2, 0.25) is 0 Å². The van der Waals surface area contributed by atoms with Crippen molar-refractivity contribution in [3.63, 3.8) is 0 Å². The highest BCUT2D eigenvalue weighted by Gasteiger charge is 2.01. The van der Waals surface area contributed by atoms with Gasteiger partial charge in [-0.2, -0.15) is 0 Å². The van der Waals surface area contributed by atoms with E-state index in [1.165, 1.54) is 18.2 Å². The number of rotatable bonds is 4. The molecule has 0 aliphatic heterocycles. The molecular formula is C14H18N2. The van der Waals surface area contributed by atoms with Crippen LogP contribution in [0.15, 0.2) is 30.3 Å². The largest absolute Gasteiger partial charge is 0.383 e. The van der Waals surface area contributed by atoms with E-state index in [-0.39, 0.29) is 0 Å². The predicted octanol–water partition coefficient (Wildman–Crippen LogP) is 3.76. The van der Waals surface area contributed by atoms with E-state index in [2.05, 4.69) is 47.6 Å². The molecule has 0 unspecified atom stereocenters. The summed E-state index contributed by atoms with van der Waals surface area (Å²) in [7, 11) is 0. The SMILES string of the molecule is CCCCNc1cccc2ccc(C)nc12. The van der Waals surface area contributed by atoms with E-state index in [0.29, 0.717) is 0 Å². The fourth-order valence-electron chi connectivity index (χ4n) is 1.79. The molecule has 0 fully saturated rings. The number of aromatic nitrogens is 1. The van der Waals surface area contributed by atoms with Crippen molar-refractivity contribution in [3.05, 3.63) is 36.0 Å². The third-order valence-corrected chi connectivity index (χ3v) is 2.71. The standard InChI is InChI=1S/C14H18N2/c1-3-4-10-15-13-7-5-6-12-9-8-11(2)16-14(12)13/h5-9,15H,3-4,10H2,1-2H3. The molecule has 1 N–H and O–H groups in total. The van der Waals surface area contributed by atoms with Crippen molar-refractivity contribution in [2.75, 3.05) is 11.9 Å². The average molecular weight is 214 g/mol. The van der Waals surface area contributed by atoms with E-state index in [1.54, 1.807) is 0 Å². The highest BCUT2D eigenvalue weighted by molar-refractivity contribution is 5.90. The van der Waals surface area contributed by atoms with Crippen molar-refractivity contribution in [1.29, 1.82) is 0 Å². The second-order valence-corrected chi connectivity index (χ2v) is 4.11. The first kappa shape index (κ1) is 10.9. The minimum atomic E-state index is 1.02. The van der Waals surface area contributed by atoms with E-state index in [1.807, 2.05) is 6.92 Å². The van der Waals surface area contributed by atoms with Crippen molar-refractivity contribution in [1.82, 2.24) is 4.98 Å². The van der Waals surface area contributed by atoms with Gasteiger partial charge in [-0.25, -0.2) is 0 Å². The number of hydrogen-bond donors (Lipinski definition) is 1. The predicted molar refractivity (Wildman–Crippen MR) is 69.9 cm³/mol. The van der Waals surface area contributed by atoms with Gasteiger partial charge in [0.2, 0.25) is 0 Å². The van der Waals surface area contributed by atoms with Gasteiger partial charge in [0.25, 0.3) is 0 Å². The lowest BCUT2D eigenvalue weighted by Gasteiger charge is -2.08. The lowest BCUT2D eigenvalue weighted by molar-refractivity contribution is 0.835. The molecule has 1 heterocycles. The quantitative estimate of drug-likeness (QED) is 0.784. The zero-order valence-electron chi connectivity index (χ0n) is 9.96. The van der Waals surface area contributed by atoms with Crippen LogP contribution in [0.3, 0.4) is 0 Å². The van der Waals surface area contributed by atoms with Crippen molar-refractivity contribution in [3.8, 4) is 0 Å². The Morgan fingerprint density at radius 1 is 1.19 bits per heavy atom. The Hall–Kier alpha value is -1.57. The summed E-state index contributed by atoms with van der Waals surface area (Å²) in [6.07, 6.45) is 2.41. The van der Waals surface area contributed by atoms with E-state index in [0.717, 1.165) is 23.4 Å². The normalized spacial score (nSPS) is 10.6. The number of pyridine rings is 1. The number of anilines is 1. The van der Waals surface area contributed by atoms with Gasteiger partial charge in [0, 0.05) is 17.6 Å². The van der Waals surface area contributed by atoms with Gasteiger partial charge in [-0.3, -0.25) is 4.98 Å². The lowest BCUT2D eigenvalue weighted by Crippen LogP contribution is -2.02. The summed E-state index contributed by atoms with van der Waals surface area (Å²) in [5.74, 6) is 0. The van der Waals surface area contributed by atoms with Gasteiger partial charge >= 0.3 is 0 Å². The summed E-state index contributed by atoms with van der Waals surface area (Å²) in [5, 5.41) is 4.65. The molecule has 2 heteroatoms. The minimum absolute atomic E-state index is 1.02. The Labute approximate surface area is 96.7 Å². The first-order valence-corrected chi connectivity index (χ1v) is 5.91. The van der Waals surface area contributed by atoms with Gasteiger partial charge in [0.1, 0.15) is 0 Å². The van der Waals surface area contributed by atoms with Crippen LogP contribution in [0.4, 0.5) is 5.69 Å². The molecule has 2 aromatic rings. The first-order valence-electron chi connectivity index (χ1n) is 5.91. The molecule has 0 aliphatic carbocycles. The third kappa shape index (κ3) is 2.32. The molecule has 0 saturated heterocycles. The van der Waals surface area contributed by atoms with E-state index >= 15 is 0 Å². The van der Waals surface area contributed by atoms with Crippen molar-refractivity contribution in [2.24, 2.45) is 0 Å². The molecule has 0 spiro atoms. The van der Waals surface area contributed by atoms with Gasteiger partial charge in [-0.15, -0.1) is 0 Å². The van der Waals surface area contributed by atoms with Gasteiger partial charge in [-0.1, -0.05) is 31.5 Å². The molecular weight excluding hydrogens is 196 g/mol. The molecule has 1 aromatic heterocycles. The van der Waals surface area contributed by atoms with Crippen molar-refractivity contribution < 1.29 is 0 Å². The number of unbranched alkanes of at least 4 members (excludes halogenated alkanes) is 1. The van der Waals surface area contributed by atoms with Gasteiger partial charge in [0.15, 0.2) is 0 Å². The molecule has 0 saturated carbocycles. The maximum atomic E-state index is 4.59. The molecule has 16 heavy (non-hydrogen) atoms. The molecule has 0 bridgehead atoms. The molecule has 0 atom stereocenters. The van der Waals surface area contributed by atoms with E-state index in [9.17, 15) is 0 Å². The third-order valence-electron chi connectivity index (χ3n) is 2.71. The number of nitrogens with one attached hydrogen (secondary N) is 1. The summed E-state index contributed by atoms with van der Waals surface area (Å²) in [5.41, 5.74) is 3.30. The van der Waals surface area contributed by atoms with Gasteiger partial charge in [0.05, 0.1) is 11.2 Å². The molecule has 0 radical (unpaired) electrons. The van der Waals surface area contributed by atoms with Crippen LogP contribution in [-0.2, 0) is 0 Å². The zero-order valence-corrected chi connectivity index (χ0v) is 9.96. The van der Waals surface area contributed by atoms with Crippen LogP contribution in [0.5, 0.6) is 0 Å². The number of fused-ring (bicyclic) bond motifs is 1. The molecule has 2 nitrogen and oxygen atoms in total. The maximum Gasteiger partial charge on any atom is 0.0936 e. The Balaban J connectivity index is 2.32. The Kier molecular flexibility index (Phi) is 3.40. The molecule has 0 aliphatic rings. The van der Waals surface area contributed by atoms with Crippen LogP contribution >= 0.6 is 0 Å². The fraction of sp³-hybridized carbons (Fsp3) is 0.357. The fourth-order valence-corrected chi connectivity index (χ4v) is 1.79. The second-order valence-electron chi connectivity index (χ2n) is 4.11. The topological polar surface area (TPSA) is 24.9 Å². The van der Waals surface area contributed by atoms with E-state index < -0.39 is 0 Å². The first-order chi connectivity index (χ1) is 7.81. The Morgan fingerprint density at radius 2 is 2.06 bits per heavy atom. The highest BCUT2D eigenvalue weighted by Crippen LogP contribution is 2.21. The highest BCUT2D eigenvalue weighted by atomic mass is 14.9. The smallest absolute Gasteiger partial charge is 0.0936 e. The summed E-state index contributed by atoms with van der Waals surface area (Å²) in [6, 6.07) is 10.5.